The molecular formula is C19H29NO3. The molecule has 0 aliphatic carbocycles. The lowest BCUT2D eigenvalue weighted by Crippen LogP contribution is -2.25. The lowest BCUT2D eigenvalue weighted by Gasteiger charge is -2.20. The molecule has 0 aliphatic rings. The molecule has 0 saturated heterocycles. The van der Waals surface area contributed by atoms with Crippen LogP contribution in [0.15, 0.2) is 18.2 Å². The number of aryl methyl sites for hydroxylation is 1. The van der Waals surface area contributed by atoms with E-state index in [1.54, 1.807) is 7.11 Å². The molecular weight excluding hydrogens is 290 g/mol. The minimum atomic E-state index is -0.930. The first kappa shape index (κ1) is 19.5. The van der Waals surface area contributed by atoms with Gasteiger partial charge in [0, 0.05) is 5.56 Å². The van der Waals surface area contributed by atoms with Gasteiger partial charge in [-0.3, -0.25) is 0 Å². The average molecular weight is 319 g/mol. The molecule has 1 unspecified atom stereocenters. The van der Waals surface area contributed by atoms with Crippen molar-refractivity contribution in [3.63, 3.8) is 0 Å². The van der Waals surface area contributed by atoms with Gasteiger partial charge in [0.1, 0.15) is 17.6 Å². The van der Waals surface area contributed by atoms with Gasteiger partial charge in [0.2, 0.25) is 0 Å². The molecule has 0 saturated carbocycles. The highest BCUT2D eigenvalue weighted by molar-refractivity contribution is 5.44. The minimum Gasteiger partial charge on any atom is -0.497 e. The van der Waals surface area contributed by atoms with Crippen LogP contribution in [0.5, 0.6) is 5.75 Å². The molecule has 1 atom stereocenters. The third-order valence-corrected chi connectivity index (χ3v) is 3.70. The molecule has 0 aromatic heterocycles. The summed E-state index contributed by atoms with van der Waals surface area (Å²) in [4.78, 5) is 0. The Hall–Kier alpha value is -1.54. The first-order valence-electron chi connectivity index (χ1n) is 8.29. The minimum absolute atomic E-state index is 0.482. The molecule has 0 bridgehead atoms. The van der Waals surface area contributed by atoms with E-state index < -0.39 is 11.8 Å². The van der Waals surface area contributed by atoms with Crippen molar-refractivity contribution in [2.45, 2.75) is 64.2 Å². The molecule has 0 spiro atoms. The predicted molar refractivity (Wildman–Crippen MR) is 93.2 cm³/mol. The maximum atomic E-state index is 10.6. The van der Waals surface area contributed by atoms with Gasteiger partial charge in [0.05, 0.1) is 7.11 Å². The van der Waals surface area contributed by atoms with E-state index in [1.165, 1.54) is 0 Å². The van der Waals surface area contributed by atoms with Crippen LogP contribution >= 0.6 is 0 Å². The second-order valence-corrected chi connectivity index (χ2v) is 5.96. The van der Waals surface area contributed by atoms with E-state index in [2.05, 4.69) is 11.8 Å². The van der Waals surface area contributed by atoms with Gasteiger partial charge in [-0.05, 0) is 49.4 Å². The second kappa shape index (κ2) is 9.57. The number of methoxy groups -OCH3 is 1. The molecule has 23 heavy (non-hydrogen) atoms. The molecule has 1 rings (SSSR count). The summed E-state index contributed by atoms with van der Waals surface area (Å²) in [6.45, 7) is 4.09. The number of hydrogen-bond acceptors (Lipinski definition) is 4. The summed E-state index contributed by atoms with van der Waals surface area (Å²) in [5.74, 6) is 6.83. The average Bonchev–Trinajstić information content (AvgIpc) is 2.51. The Morgan fingerprint density at radius 3 is 2.39 bits per heavy atom. The van der Waals surface area contributed by atoms with Crippen molar-refractivity contribution in [1.29, 1.82) is 0 Å². The highest BCUT2D eigenvalue weighted by Gasteiger charge is 2.21. The van der Waals surface area contributed by atoms with Crippen LogP contribution in [0.25, 0.3) is 0 Å². The number of aliphatic hydroxyl groups excluding tert-OH is 1. The van der Waals surface area contributed by atoms with E-state index in [0.717, 1.165) is 24.0 Å². The Morgan fingerprint density at radius 1 is 1.22 bits per heavy atom. The number of benzene rings is 1. The first-order valence-corrected chi connectivity index (χ1v) is 8.29. The first-order chi connectivity index (χ1) is 10.9. The van der Waals surface area contributed by atoms with Gasteiger partial charge in [-0.1, -0.05) is 38.5 Å². The highest BCUT2D eigenvalue weighted by atomic mass is 16.5. The SMILES string of the molecule is CCCC(O)(C#Cc1cc(CCC(N)O)cc(OC)c1)CCC. The molecule has 1 aromatic carbocycles. The maximum Gasteiger partial charge on any atom is 0.125 e. The van der Waals surface area contributed by atoms with Gasteiger partial charge in [0.15, 0.2) is 0 Å². The number of hydrogen-bond donors (Lipinski definition) is 3. The van der Waals surface area contributed by atoms with Crippen LogP contribution in [0.1, 0.15) is 57.1 Å². The van der Waals surface area contributed by atoms with E-state index in [-0.39, 0.29) is 0 Å². The molecule has 4 nitrogen and oxygen atoms in total. The molecule has 128 valence electrons. The third-order valence-electron chi connectivity index (χ3n) is 3.70. The Balaban J connectivity index is 3.02. The largest absolute Gasteiger partial charge is 0.497 e. The molecule has 0 amide bonds. The van der Waals surface area contributed by atoms with Gasteiger partial charge in [0.25, 0.3) is 0 Å². The van der Waals surface area contributed by atoms with Crippen LogP contribution in [0.4, 0.5) is 0 Å². The molecule has 0 fully saturated rings. The Bertz CT molecular complexity index is 537. The zero-order valence-electron chi connectivity index (χ0n) is 14.4. The fourth-order valence-corrected chi connectivity index (χ4v) is 2.58. The third kappa shape index (κ3) is 7.04. The lowest BCUT2D eigenvalue weighted by molar-refractivity contribution is 0.0807. The van der Waals surface area contributed by atoms with Crippen LogP contribution in [-0.2, 0) is 6.42 Å². The van der Waals surface area contributed by atoms with Crippen molar-refractivity contribution in [3.8, 4) is 17.6 Å². The van der Waals surface area contributed by atoms with E-state index in [4.69, 9.17) is 10.5 Å². The van der Waals surface area contributed by atoms with Crippen LogP contribution in [0.2, 0.25) is 0 Å². The molecule has 4 heteroatoms. The number of ether oxygens (including phenoxy) is 1. The molecule has 0 aliphatic heterocycles. The molecule has 0 heterocycles. The van der Waals surface area contributed by atoms with E-state index in [1.807, 2.05) is 32.0 Å². The Labute approximate surface area is 139 Å². The lowest BCUT2D eigenvalue weighted by atomic mass is 9.93. The van der Waals surface area contributed by atoms with Crippen LogP contribution in [0, 0.1) is 11.8 Å². The predicted octanol–water partition coefficient (Wildman–Crippen LogP) is 2.59. The van der Waals surface area contributed by atoms with Crippen LogP contribution in [-0.4, -0.2) is 29.2 Å². The van der Waals surface area contributed by atoms with Crippen molar-refractivity contribution in [2.24, 2.45) is 5.73 Å². The zero-order chi connectivity index (χ0) is 17.3. The summed E-state index contributed by atoms with van der Waals surface area (Å²) in [5.41, 5.74) is 6.27. The monoisotopic (exact) mass is 319 g/mol. The van der Waals surface area contributed by atoms with Gasteiger partial charge in [-0.2, -0.15) is 0 Å². The van der Waals surface area contributed by atoms with E-state index in [0.29, 0.717) is 31.4 Å². The van der Waals surface area contributed by atoms with Gasteiger partial charge >= 0.3 is 0 Å². The van der Waals surface area contributed by atoms with Crippen molar-refractivity contribution < 1.29 is 14.9 Å². The quantitative estimate of drug-likeness (QED) is 0.508. The van der Waals surface area contributed by atoms with Crippen LogP contribution in [0.3, 0.4) is 0 Å². The standard InChI is InChI=1S/C19H29NO3/c1-4-9-19(22,10-5-2)11-8-16-12-15(6-7-18(20)21)13-17(14-16)23-3/h12-14,18,21-22H,4-7,9-10,20H2,1-3H3. The number of nitrogens with two attached hydrogens (primary N) is 1. The van der Waals surface area contributed by atoms with Crippen molar-refractivity contribution in [2.75, 3.05) is 7.11 Å². The van der Waals surface area contributed by atoms with Gasteiger partial charge in [-0.15, -0.1) is 0 Å². The topological polar surface area (TPSA) is 75.7 Å². The number of aliphatic hydroxyl groups is 2. The van der Waals surface area contributed by atoms with Crippen molar-refractivity contribution >= 4 is 0 Å². The Morgan fingerprint density at radius 2 is 1.87 bits per heavy atom. The summed E-state index contributed by atoms with van der Waals surface area (Å²) in [7, 11) is 1.61. The molecule has 1 aromatic rings. The number of rotatable bonds is 8. The Kier molecular flexibility index (Phi) is 8.11. The molecule has 0 radical (unpaired) electrons. The van der Waals surface area contributed by atoms with Crippen molar-refractivity contribution in [1.82, 2.24) is 0 Å². The summed E-state index contributed by atoms with van der Waals surface area (Å²) < 4.78 is 5.31. The normalized spacial score (nSPS) is 12.4. The highest BCUT2D eigenvalue weighted by Crippen LogP contribution is 2.21. The van der Waals surface area contributed by atoms with E-state index >= 15 is 0 Å². The second-order valence-electron chi connectivity index (χ2n) is 5.96. The van der Waals surface area contributed by atoms with E-state index in [9.17, 15) is 10.2 Å². The summed E-state index contributed by atoms with van der Waals surface area (Å²) in [6, 6.07) is 5.72. The maximum absolute atomic E-state index is 10.6. The van der Waals surface area contributed by atoms with Crippen LogP contribution < -0.4 is 10.5 Å². The summed E-state index contributed by atoms with van der Waals surface area (Å²) >= 11 is 0. The van der Waals surface area contributed by atoms with Gasteiger partial charge in [-0.25, -0.2) is 0 Å². The zero-order valence-corrected chi connectivity index (χ0v) is 14.4. The fraction of sp³-hybridized carbons (Fsp3) is 0.579. The van der Waals surface area contributed by atoms with Crippen molar-refractivity contribution in [3.05, 3.63) is 29.3 Å². The summed E-state index contributed by atoms with van der Waals surface area (Å²) in [6.07, 6.45) is 3.43. The van der Waals surface area contributed by atoms with Gasteiger partial charge < -0.3 is 20.7 Å². The smallest absolute Gasteiger partial charge is 0.125 e. The molecule has 4 N–H and O–H groups in total. The summed E-state index contributed by atoms with van der Waals surface area (Å²) in [5, 5.41) is 19.8. The fourth-order valence-electron chi connectivity index (χ4n) is 2.58.